The number of esters is 1. The maximum Gasteiger partial charge on any atom is 0.337 e. The van der Waals surface area contributed by atoms with Crippen LogP contribution in [0.4, 0.5) is 0 Å². The predicted molar refractivity (Wildman–Crippen MR) is 72.3 cm³/mol. The van der Waals surface area contributed by atoms with Crippen molar-refractivity contribution in [1.82, 2.24) is 0 Å². The molecular weight excluding hydrogens is 315 g/mol. The topological polar surface area (TPSA) is 26.3 Å². The van der Waals surface area contributed by atoms with Crippen molar-refractivity contribution in [3.63, 3.8) is 0 Å². The number of halogens is 1. The smallest absolute Gasteiger partial charge is 0.337 e. The quantitative estimate of drug-likeness (QED) is 0.569. The Morgan fingerprint density at radius 3 is 2.69 bits per heavy atom. The first-order valence-corrected chi connectivity index (χ1v) is 6.97. The summed E-state index contributed by atoms with van der Waals surface area (Å²) in [4.78, 5) is 11.7. The number of allylic oxidation sites excluding steroid dienone is 2. The van der Waals surface area contributed by atoms with Crippen LogP contribution in [0.1, 0.15) is 38.5 Å². The van der Waals surface area contributed by atoms with Crippen LogP contribution < -0.4 is 0 Å². The highest BCUT2D eigenvalue weighted by Crippen LogP contribution is 2.40. The van der Waals surface area contributed by atoms with E-state index in [1.54, 1.807) is 0 Å². The van der Waals surface area contributed by atoms with Gasteiger partial charge in [-0.25, -0.2) is 4.79 Å². The van der Waals surface area contributed by atoms with Crippen molar-refractivity contribution in [1.29, 1.82) is 0 Å². The van der Waals surface area contributed by atoms with E-state index in [4.69, 9.17) is 4.74 Å². The maximum atomic E-state index is 11.7. The van der Waals surface area contributed by atoms with Gasteiger partial charge in [0.1, 0.15) is 0 Å². The molecule has 0 saturated heterocycles. The van der Waals surface area contributed by atoms with Gasteiger partial charge in [0.05, 0.1) is 12.7 Å². The molecule has 1 fully saturated rings. The molecule has 0 aliphatic heterocycles. The second kappa shape index (κ2) is 5.34. The first-order chi connectivity index (χ1) is 7.72. The van der Waals surface area contributed by atoms with Crippen molar-refractivity contribution < 1.29 is 9.53 Å². The fraction of sp³-hybridized carbons (Fsp3) is 0.615. The lowest BCUT2D eigenvalue weighted by atomic mass is 9.82. The Kier molecular flexibility index (Phi) is 4.05. The molecule has 3 heteroatoms. The summed E-state index contributed by atoms with van der Waals surface area (Å²) >= 11 is 2.32. The van der Waals surface area contributed by atoms with Crippen LogP contribution >= 0.6 is 22.6 Å². The monoisotopic (exact) mass is 332 g/mol. The largest absolute Gasteiger partial charge is 0.465 e. The van der Waals surface area contributed by atoms with Gasteiger partial charge in [-0.3, -0.25) is 0 Å². The molecule has 2 aliphatic rings. The second-order valence-corrected chi connectivity index (χ2v) is 5.92. The molecule has 2 nitrogen and oxygen atoms in total. The van der Waals surface area contributed by atoms with Crippen molar-refractivity contribution in [2.45, 2.75) is 38.5 Å². The molecule has 0 N–H and O–H groups in total. The Balaban J connectivity index is 2.20. The van der Waals surface area contributed by atoms with Crippen molar-refractivity contribution in [3.8, 4) is 0 Å². The van der Waals surface area contributed by atoms with Crippen molar-refractivity contribution >= 4 is 28.6 Å². The molecule has 1 saturated carbocycles. The van der Waals surface area contributed by atoms with Gasteiger partial charge in [0, 0.05) is 6.42 Å². The normalized spacial score (nSPS) is 22.2. The first kappa shape index (κ1) is 12.1. The third kappa shape index (κ3) is 2.50. The van der Waals surface area contributed by atoms with Crippen LogP contribution in [0.3, 0.4) is 0 Å². The molecule has 0 atom stereocenters. The van der Waals surface area contributed by atoms with E-state index in [0.717, 1.165) is 12.0 Å². The molecule has 16 heavy (non-hydrogen) atoms. The van der Waals surface area contributed by atoms with Crippen LogP contribution in [-0.2, 0) is 9.53 Å². The average Bonchev–Trinajstić information content (AvgIpc) is 2.71. The number of rotatable bonds is 2. The zero-order valence-corrected chi connectivity index (χ0v) is 11.7. The lowest BCUT2D eigenvalue weighted by Gasteiger charge is -2.24. The van der Waals surface area contributed by atoms with Crippen LogP contribution in [0, 0.1) is 5.92 Å². The number of methoxy groups -OCH3 is 1. The van der Waals surface area contributed by atoms with E-state index in [-0.39, 0.29) is 5.97 Å². The summed E-state index contributed by atoms with van der Waals surface area (Å²) < 4.78 is 6.12. The Morgan fingerprint density at radius 2 is 2.06 bits per heavy atom. The number of carbonyl (C=O) groups excluding carboxylic acids is 1. The molecule has 0 aromatic carbocycles. The van der Waals surface area contributed by atoms with Gasteiger partial charge in [-0.05, 0) is 56.6 Å². The van der Waals surface area contributed by atoms with Gasteiger partial charge in [0.2, 0.25) is 0 Å². The van der Waals surface area contributed by atoms with E-state index in [9.17, 15) is 4.79 Å². The van der Waals surface area contributed by atoms with Gasteiger partial charge < -0.3 is 4.74 Å². The summed E-state index contributed by atoms with van der Waals surface area (Å²) in [7, 11) is 1.47. The van der Waals surface area contributed by atoms with Crippen LogP contribution in [0.2, 0.25) is 0 Å². The van der Waals surface area contributed by atoms with Crippen LogP contribution in [-0.4, -0.2) is 13.1 Å². The minimum atomic E-state index is -0.160. The predicted octanol–water partition coefficient (Wildman–Crippen LogP) is 3.76. The molecular formula is C13H17IO2. The van der Waals surface area contributed by atoms with E-state index in [2.05, 4.69) is 22.6 Å². The van der Waals surface area contributed by atoms with Crippen molar-refractivity contribution in [2.24, 2.45) is 5.92 Å². The SMILES string of the molecule is COC(=O)C1=C(C2CCCCC2)CC(I)=C1. The minimum absolute atomic E-state index is 0.160. The standard InChI is InChI=1S/C13H17IO2/c1-16-13(15)12-8-10(14)7-11(12)9-5-3-2-4-6-9/h8-9H,2-7H2,1H3. The minimum Gasteiger partial charge on any atom is -0.465 e. The summed E-state index contributed by atoms with van der Waals surface area (Å²) in [5, 5.41) is 0. The number of hydrogen-bond acceptors (Lipinski definition) is 2. The highest BCUT2D eigenvalue weighted by Gasteiger charge is 2.27. The lowest BCUT2D eigenvalue weighted by Crippen LogP contribution is -2.13. The van der Waals surface area contributed by atoms with Crippen molar-refractivity contribution in [2.75, 3.05) is 7.11 Å². The van der Waals surface area contributed by atoms with Gasteiger partial charge >= 0.3 is 5.97 Å². The number of hydrogen-bond donors (Lipinski definition) is 0. The molecule has 88 valence electrons. The van der Waals surface area contributed by atoms with Gasteiger partial charge in [-0.2, -0.15) is 0 Å². The van der Waals surface area contributed by atoms with Crippen LogP contribution in [0.25, 0.3) is 0 Å². The fourth-order valence-electron chi connectivity index (χ4n) is 2.69. The second-order valence-electron chi connectivity index (χ2n) is 4.53. The third-order valence-electron chi connectivity index (χ3n) is 3.51. The van der Waals surface area contributed by atoms with E-state index in [0.29, 0.717) is 5.92 Å². The molecule has 0 unspecified atom stereocenters. The number of carbonyl (C=O) groups is 1. The lowest BCUT2D eigenvalue weighted by molar-refractivity contribution is -0.135. The molecule has 0 spiro atoms. The molecule has 0 aromatic heterocycles. The van der Waals surface area contributed by atoms with Crippen LogP contribution in [0.15, 0.2) is 20.8 Å². The molecule has 0 heterocycles. The maximum absolute atomic E-state index is 11.7. The van der Waals surface area contributed by atoms with Gasteiger partial charge in [0.15, 0.2) is 0 Å². The summed E-state index contributed by atoms with van der Waals surface area (Å²) in [6.07, 6.45) is 9.41. The Hall–Kier alpha value is -0.320. The highest BCUT2D eigenvalue weighted by atomic mass is 127. The zero-order valence-electron chi connectivity index (χ0n) is 9.59. The molecule has 2 rings (SSSR count). The summed E-state index contributed by atoms with van der Waals surface area (Å²) in [5.74, 6) is 0.457. The summed E-state index contributed by atoms with van der Waals surface area (Å²) in [6.45, 7) is 0. The third-order valence-corrected chi connectivity index (χ3v) is 4.20. The average molecular weight is 332 g/mol. The molecule has 2 aliphatic carbocycles. The first-order valence-electron chi connectivity index (χ1n) is 5.90. The molecule has 0 bridgehead atoms. The number of ether oxygens (including phenoxy) is 1. The van der Waals surface area contributed by atoms with Gasteiger partial charge in [-0.1, -0.05) is 19.3 Å². The Bertz CT molecular complexity index is 349. The zero-order chi connectivity index (χ0) is 11.5. The van der Waals surface area contributed by atoms with E-state index in [1.165, 1.54) is 48.4 Å². The van der Waals surface area contributed by atoms with E-state index < -0.39 is 0 Å². The van der Waals surface area contributed by atoms with Gasteiger partial charge in [-0.15, -0.1) is 0 Å². The van der Waals surface area contributed by atoms with E-state index >= 15 is 0 Å². The van der Waals surface area contributed by atoms with Crippen molar-refractivity contribution in [3.05, 3.63) is 20.8 Å². The molecule has 0 radical (unpaired) electrons. The Labute approximate surface area is 110 Å². The fourth-order valence-corrected chi connectivity index (χ4v) is 3.42. The molecule has 0 amide bonds. The molecule has 0 aromatic rings. The van der Waals surface area contributed by atoms with E-state index in [1.807, 2.05) is 6.08 Å². The summed E-state index contributed by atoms with van der Waals surface area (Å²) in [6, 6.07) is 0. The highest BCUT2D eigenvalue weighted by molar-refractivity contribution is 14.1. The Morgan fingerprint density at radius 1 is 1.38 bits per heavy atom. The summed E-state index contributed by atoms with van der Waals surface area (Å²) in [5.41, 5.74) is 2.16. The van der Waals surface area contributed by atoms with Crippen LogP contribution in [0.5, 0.6) is 0 Å². The van der Waals surface area contributed by atoms with Gasteiger partial charge in [0.25, 0.3) is 0 Å².